The van der Waals surface area contributed by atoms with E-state index in [0.717, 1.165) is 23.1 Å². The Morgan fingerprint density at radius 2 is 1.68 bits per heavy atom. The van der Waals surface area contributed by atoms with Crippen molar-refractivity contribution in [2.45, 2.75) is 69.1 Å². The molecule has 4 N–H and O–H groups in total. The number of likely N-dealkylation sites (N-methyl/N-ethyl adjacent to an activating group) is 1. The molecule has 240 valence electrons. The number of benzene rings is 2. The fraction of sp³-hybridized carbons (Fsp3) is 0.531. The van der Waals surface area contributed by atoms with Gasteiger partial charge in [-0.1, -0.05) is 42.5 Å². The summed E-state index contributed by atoms with van der Waals surface area (Å²) < 4.78 is 31.2. The number of hydrogen-bond acceptors (Lipinski definition) is 7. The number of carbonyl (C=O) groups is 3. The summed E-state index contributed by atoms with van der Waals surface area (Å²) >= 11 is 0. The van der Waals surface area contributed by atoms with Gasteiger partial charge in [-0.2, -0.15) is 0 Å². The van der Waals surface area contributed by atoms with E-state index in [1.54, 1.807) is 19.1 Å². The van der Waals surface area contributed by atoms with Crippen molar-refractivity contribution in [1.29, 1.82) is 0 Å². The van der Waals surface area contributed by atoms with Gasteiger partial charge in [-0.3, -0.25) is 14.4 Å². The molecule has 0 radical (unpaired) electrons. The van der Waals surface area contributed by atoms with Crippen molar-refractivity contribution in [2.75, 3.05) is 33.5 Å². The van der Waals surface area contributed by atoms with Crippen molar-refractivity contribution in [1.82, 2.24) is 25.6 Å². The Labute approximate surface area is 260 Å². The molecule has 3 amide bonds. The molecule has 0 spiro atoms. The summed E-state index contributed by atoms with van der Waals surface area (Å²) in [5.41, 5.74) is 2.04. The molecule has 0 saturated carbocycles. The zero-order chi connectivity index (χ0) is 31.7. The molecule has 0 aromatic heterocycles. The summed E-state index contributed by atoms with van der Waals surface area (Å²) in [7, 11) is -0.0891. The van der Waals surface area contributed by atoms with Gasteiger partial charge in [0.2, 0.25) is 27.7 Å². The maximum Gasteiger partial charge on any atom is 0.246 e. The number of carbonyl (C=O) groups excluding carboxylic acids is 3. The molecule has 2 aliphatic rings. The zero-order valence-electron chi connectivity index (χ0n) is 25.8. The van der Waals surface area contributed by atoms with Crippen LogP contribution in [0.2, 0.25) is 0 Å². The summed E-state index contributed by atoms with van der Waals surface area (Å²) in [5, 5.41) is 9.09. The molecule has 4 rings (SSSR count). The van der Waals surface area contributed by atoms with Gasteiger partial charge in [0.15, 0.2) is 0 Å². The summed E-state index contributed by atoms with van der Waals surface area (Å²) in [6, 6.07) is 15.1. The quantitative estimate of drug-likeness (QED) is 0.248. The minimum Gasteiger partial charge on any atom is -0.497 e. The van der Waals surface area contributed by atoms with Crippen LogP contribution < -0.4 is 25.4 Å². The number of amides is 3. The number of ether oxygens (including phenoxy) is 1. The van der Waals surface area contributed by atoms with Crippen molar-refractivity contribution in [3.05, 3.63) is 65.7 Å². The van der Waals surface area contributed by atoms with Crippen LogP contribution in [0.4, 0.5) is 0 Å². The van der Waals surface area contributed by atoms with Crippen molar-refractivity contribution >= 4 is 27.7 Å². The monoisotopic (exact) mass is 627 g/mol. The van der Waals surface area contributed by atoms with Crippen LogP contribution in [-0.4, -0.2) is 88.7 Å². The Morgan fingerprint density at radius 3 is 2.34 bits per heavy atom. The summed E-state index contributed by atoms with van der Waals surface area (Å²) in [6.07, 6.45) is 5.11. The molecule has 44 heavy (non-hydrogen) atoms. The standard InChI is InChI=1S/C32H45N5O6S/c1-33-27(21-23-7-5-4-6-8-23)30(38)36-29-24(18-20-35-44(3,41)42)11-12-25-13-16-28(37(25)32(29)40)31(39)34-19-17-22-9-14-26(43-2)15-10-22/h4-10,14-15,24-25,27-29,33,35H,11-13,16-21H2,1-3H3,(H,34,39)(H,36,38)/t24?,25?,27?,28-,29?/m0/s1. The molecular weight excluding hydrogens is 582 g/mol. The molecule has 2 fully saturated rings. The van der Waals surface area contributed by atoms with Gasteiger partial charge in [-0.25, -0.2) is 13.1 Å². The van der Waals surface area contributed by atoms with E-state index in [9.17, 15) is 22.8 Å². The van der Waals surface area contributed by atoms with Gasteiger partial charge in [-0.05, 0) is 81.2 Å². The van der Waals surface area contributed by atoms with Gasteiger partial charge in [0.25, 0.3) is 0 Å². The Balaban J connectivity index is 1.47. The number of fused-ring (bicyclic) bond motifs is 1. The smallest absolute Gasteiger partial charge is 0.246 e. The van der Waals surface area contributed by atoms with Crippen LogP contribution in [0.25, 0.3) is 0 Å². The molecule has 2 aromatic carbocycles. The van der Waals surface area contributed by atoms with Crippen molar-refractivity contribution in [3.8, 4) is 5.75 Å². The third kappa shape index (κ3) is 9.02. The highest BCUT2D eigenvalue weighted by molar-refractivity contribution is 7.88. The van der Waals surface area contributed by atoms with E-state index in [1.807, 2.05) is 54.6 Å². The topological polar surface area (TPSA) is 146 Å². The van der Waals surface area contributed by atoms with Crippen molar-refractivity contribution in [3.63, 3.8) is 0 Å². The van der Waals surface area contributed by atoms with Gasteiger partial charge < -0.3 is 25.6 Å². The lowest BCUT2D eigenvalue weighted by Crippen LogP contribution is -2.58. The lowest BCUT2D eigenvalue weighted by atomic mass is 9.90. The number of nitrogens with zero attached hydrogens (tertiary/aromatic N) is 1. The number of methoxy groups -OCH3 is 1. The van der Waals surface area contributed by atoms with Crippen LogP contribution >= 0.6 is 0 Å². The highest BCUT2D eigenvalue weighted by Crippen LogP contribution is 2.35. The first-order valence-electron chi connectivity index (χ1n) is 15.3. The second kappa shape index (κ2) is 15.5. The molecule has 0 bridgehead atoms. The van der Waals surface area contributed by atoms with Crippen LogP contribution in [0.15, 0.2) is 54.6 Å². The fourth-order valence-electron chi connectivity index (χ4n) is 6.28. The minimum atomic E-state index is -3.41. The van der Waals surface area contributed by atoms with Crippen LogP contribution in [-0.2, 0) is 37.2 Å². The normalized spacial score (nSPS) is 22.5. The van der Waals surface area contributed by atoms with Gasteiger partial charge in [-0.15, -0.1) is 0 Å². The third-order valence-corrected chi connectivity index (χ3v) is 9.39. The maximum absolute atomic E-state index is 14.2. The van der Waals surface area contributed by atoms with Gasteiger partial charge >= 0.3 is 0 Å². The first-order valence-corrected chi connectivity index (χ1v) is 17.2. The molecule has 2 saturated heterocycles. The van der Waals surface area contributed by atoms with Gasteiger partial charge in [0, 0.05) is 19.1 Å². The number of hydrogen-bond donors (Lipinski definition) is 4. The highest BCUT2D eigenvalue weighted by atomic mass is 32.2. The average Bonchev–Trinajstić information content (AvgIpc) is 3.39. The Bertz CT molecular complexity index is 1370. The number of sulfonamides is 1. The lowest BCUT2D eigenvalue weighted by Gasteiger charge is -2.33. The molecule has 4 unspecified atom stereocenters. The summed E-state index contributed by atoms with van der Waals surface area (Å²) in [5.74, 6) is -0.322. The minimum absolute atomic E-state index is 0.114. The largest absolute Gasteiger partial charge is 0.497 e. The maximum atomic E-state index is 14.2. The van der Waals surface area contributed by atoms with Crippen molar-refractivity contribution < 1.29 is 27.5 Å². The highest BCUT2D eigenvalue weighted by Gasteiger charge is 2.47. The predicted molar refractivity (Wildman–Crippen MR) is 168 cm³/mol. The Hall–Kier alpha value is -3.48. The molecule has 12 heteroatoms. The van der Waals surface area contributed by atoms with Crippen LogP contribution in [0, 0.1) is 5.92 Å². The average molecular weight is 628 g/mol. The second-order valence-corrected chi connectivity index (χ2v) is 13.5. The molecular formula is C32H45N5O6S. The van der Waals surface area contributed by atoms with Crippen LogP contribution in [0.5, 0.6) is 5.75 Å². The first kappa shape index (κ1) is 33.4. The van der Waals surface area contributed by atoms with E-state index in [4.69, 9.17) is 4.74 Å². The molecule has 2 aromatic rings. The van der Waals surface area contributed by atoms with Crippen LogP contribution in [0.3, 0.4) is 0 Å². The molecule has 0 aliphatic carbocycles. The van der Waals surface area contributed by atoms with E-state index >= 15 is 0 Å². The van der Waals surface area contributed by atoms with Crippen molar-refractivity contribution in [2.24, 2.45) is 5.92 Å². The van der Waals surface area contributed by atoms with E-state index in [0.29, 0.717) is 51.5 Å². The van der Waals surface area contributed by atoms with Gasteiger partial charge in [0.1, 0.15) is 17.8 Å². The number of nitrogens with one attached hydrogen (secondary N) is 4. The number of rotatable bonds is 14. The van der Waals surface area contributed by atoms with E-state index in [-0.39, 0.29) is 36.2 Å². The van der Waals surface area contributed by atoms with E-state index < -0.39 is 28.1 Å². The van der Waals surface area contributed by atoms with E-state index in [1.165, 1.54) is 0 Å². The summed E-state index contributed by atoms with van der Waals surface area (Å²) in [6.45, 7) is 0.584. The first-order chi connectivity index (χ1) is 21.1. The SMILES string of the molecule is CNC(Cc1ccccc1)C(=O)NC1C(=O)N2C(CCC1CCNS(C)(=O)=O)CC[C@H]2C(=O)NCCc1ccc(OC)cc1. The summed E-state index contributed by atoms with van der Waals surface area (Å²) in [4.78, 5) is 42.9. The predicted octanol–water partition coefficient (Wildman–Crippen LogP) is 1.38. The molecule has 5 atom stereocenters. The Kier molecular flexibility index (Phi) is 11.8. The van der Waals surface area contributed by atoms with E-state index in [2.05, 4.69) is 20.7 Å². The molecule has 2 heterocycles. The molecule has 11 nitrogen and oxygen atoms in total. The lowest BCUT2D eigenvalue weighted by molar-refractivity contribution is -0.143. The van der Waals surface area contributed by atoms with Crippen LogP contribution in [0.1, 0.15) is 43.2 Å². The Morgan fingerprint density at radius 1 is 0.977 bits per heavy atom. The van der Waals surface area contributed by atoms with Gasteiger partial charge in [0.05, 0.1) is 19.4 Å². The second-order valence-electron chi connectivity index (χ2n) is 11.7. The third-order valence-electron chi connectivity index (χ3n) is 8.66. The zero-order valence-corrected chi connectivity index (χ0v) is 26.6. The fourth-order valence-corrected chi connectivity index (χ4v) is 6.77. The molecule has 2 aliphatic heterocycles.